The summed E-state index contributed by atoms with van der Waals surface area (Å²) < 4.78 is 0. The van der Waals surface area contributed by atoms with Crippen molar-refractivity contribution in [3.8, 4) is 6.07 Å². The number of amides is 1. The molecule has 1 N–H and O–H groups in total. The van der Waals surface area contributed by atoms with Gasteiger partial charge in [-0.05, 0) is 30.3 Å². The van der Waals surface area contributed by atoms with E-state index in [1.165, 1.54) is 0 Å². The molecule has 1 fully saturated rings. The Balaban J connectivity index is 1.78. The van der Waals surface area contributed by atoms with Crippen molar-refractivity contribution in [2.24, 2.45) is 0 Å². The molecule has 0 saturated carbocycles. The van der Waals surface area contributed by atoms with Gasteiger partial charge in [0, 0.05) is 39.1 Å². The molecule has 1 aromatic rings. The lowest BCUT2D eigenvalue weighted by molar-refractivity contribution is -0.119. The number of thiocarbonyl (C=S) groups is 1. The third kappa shape index (κ3) is 5.31. The first kappa shape index (κ1) is 17.4. The number of aryl methyl sites for hydroxylation is 1. The van der Waals surface area contributed by atoms with Crippen LogP contribution in [0, 0.1) is 18.3 Å². The first-order valence-corrected chi connectivity index (χ1v) is 8.23. The van der Waals surface area contributed by atoms with Crippen LogP contribution in [-0.4, -0.2) is 53.5 Å². The topological polar surface area (TPSA) is 59.4 Å². The lowest BCUT2D eigenvalue weighted by Gasteiger charge is -2.35. The normalized spacial score (nSPS) is 15.0. The second-order valence-corrected chi connectivity index (χ2v) is 6.08. The van der Waals surface area contributed by atoms with E-state index in [4.69, 9.17) is 17.5 Å². The molecule has 5 nitrogen and oxygen atoms in total. The fourth-order valence-corrected chi connectivity index (χ4v) is 2.90. The average Bonchev–Trinajstić information content (AvgIpc) is 2.55. The number of hydrogen-bond donors (Lipinski definition) is 1. The van der Waals surface area contributed by atoms with Crippen molar-refractivity contribution in [3.63, 3.8) is 0 Å². The van der Waals surface area contributed by atoms with Gasteiger partial charge in [-0.3, -0.25) is 9.69 Å². The molecule has 6 heteroatoms. The minimum absolute atomic E-state index is 0.0730. The van der Waals surface area contributed by atoms with E-state index in [2.05, 4.69) is 16.3 Å². The molecule has 0 radical (unpaired) electrons. The molecule has 1 aromatic carbocycles. The summed E-state index contributed by atoms with van der Waals surface area (Å²) >= 11 is 5.35. The van der Waals surface area contributed by atoms with Crippen LogP contribution in [-0.2, 0) is 11.2 Å². The minimum Gasteiger partial charge on any atom is -0.346 e. The van der Waals surface area contributed by atoms with Crippen LogP contribution in [0.1, 0.15) is 17.5 Å². The molecule has 1 aliphatic heterocycles. The summed E-state index contributed by atoms with van der Waals surface area (Å²) in [7, 11) is 0. The summed E-state index contributed by atoms with van der Waals surface area (Å²) in [5.41, 5.74) is 2.13. The van der Waals surface area contributed by atoms with Gasteiger partial charge in [-0.1, -0.05) is 24.3 Å². The van der Waals surface area contributed by atoms with Crippen LogP contribution >= 0.6 is 12.2 Å². The van der Waals surface area contributed by atoms with Crippen LogP contribution in [0.5, 0.6) is 0 Å². The highest BCUT2D eigenvalue weighted by atomic mass is 32.1. The highest BCUT2D eigenvalue weighted by Gasteiger charge is 2.19. The molecule has 23 heavy (non-hydrogen) atoms. The van der Waals surface area contributed by atoms with Gasteiger partial charge in [-0.15, -0.1) is 0 Å². The van der Waals surface area contributed by atoms with Crippen LogP contribution in [0.15, 0.2) is 24.3 Å². The smallest absolute Gasteiger partial charge is 0.230 e. The van der Waals surface area contributed by atoms with Crippen molar-refractivity contribution in [1.82, 2.24) is 15.1 Å². The zero-order chi connectivity index (χ0) is 16.7. The van der Waals surface area contributed by atoms with E-state index in [0.29, 0.717) is 18.0 Å². The Labute approximate surface area is 142 Å². The van der Waals surface area contributed by atoms with E-state index >= 15 is 0 Å². The summed E-state index contributed by atoms with van der Waals surface area (Å²) in [5, 5.41) is 12.0. The van der Waals surface area contributed by atoms with Gasteiger partial charge >= 0.3 is 0 Å². The number of rotatable bonds is 4. The molecular formula is C17H22N4OS. The zero-order valence-electron chi connectivity index (χ0n) is 13.4. The fourth-order valence-electron chi connectivity index (χ4n) is 2.61. The molecule has 0 aliphatic carbocycles. The largest absolute Gasteiger partial charge is 0.346 e. The van der Waals surface area contributed by atoms with Gasteiger partial charge in [-0.2, -0.15) is 5.26 Å². The molecule has 1 aliphatic rings. The van der Waals surface area contributed by atoms with Gasteiger partial charge in [0.15, 0.2) is 5.11 Å². The summed E-state index contributed by atoms with van der Waals surface area (Å²) in [6.45, 7) is 6.12. The van der Waals surface area contributed by atoms with Gasteiger partial charge in [0.25, 0.3) is 0 Å². The maximum Gasteiger partial charge on any atom is 0.230 e. The van der Waals surface area contributed by atoms with Crippen molar-refractivity contribution in [3.05, 3.63) is 35.4 Å². The van der Waals surface area contributed by atoms with Crippen molar-refractivity contribution in [2.45, 2.75) is 19.8 Å². The zero-order valence-corrected chi connectivity index (χ0v) is 14.2. The number of piperazine rings is 1. The fraction of sp³-hybridized carbons (Fsp3) is 0.471. The van der Waals surface area contributed by atoms with E-state index < -0.39 is 0 Å². The number of nitrogens with zero attached hydrogens (tertiary/aromatic N) is 3. The van der Waals surface area contributed by atoms with E-state index in [0.717, 1.165) is 43.9 Å². The first-order valence-electron chi connectivity index (χ1n) is 7.82. The number of hydrogen-bond acceptors (Lipinski definition) is 4. The van der Waals surface area contributed by atoms with E-state index in [1.54, 1.807) is 0 Å². The Morgan fingerprint density at radius 1 is 1.30 bits per heavy atom. The van der Waals surface area contributed by atoms with Crippen LogP contribution in [0.2, 0.25) is 0 Å². The second kappa shape index (κ2) is 8.61. The Morgan fingerprint density at radius 2 is 2.00 bits per heavy atom. The number of carbonyl (C=O) groups is 1. The number of benzene rings is 1. The lowest BCUT2D eigenvalue weighted by Crippen LogP contribution is -2.52. The summed E-state index contributed by atoms with van der Waals surface area (Å²) in [4.78, 5) is 16.4. The van der Waals surface area contributed by atoms with Crippen molar-refractivity contribution < 1.29 is 4.79 Å². The molecule has 0 spiro atoms. The van der Waals surface area contributed by atoms with Crippen LogP contribution in [0.4, 0.5) is 0 Å². The van der Waals surface area contributed by atoms with Crippen molar-refractivity contribution in [2.75, 3.05) is 32.7 Å². The maximum absolute atomic E-state index is 12.2. The second-order valence-electron chi connectivity index (χ2n) is 5.69. The number of nitriles is 1. The number of nitrogens with one attached hydrogen (secondary N) is 1. The molecule has 122 valence electrons. The number of carbonyl (C=O) groups excluding carboxylic acids is 1. The summed E-state index contributed by atoms with van der Waals surface area (Å²) in [5.74, 6) is -0.0730. The Hall–Kier alpha value is -1.97. The molecular weight excluding hydrogens is 308 g/mol. The lowest BCUT2D eigenvalue weighted by atomic mass is 10.1. The third-order valence-corrected chi connectivity index (χ3v) is 4.42. The highest BCUT2D eigenvalue weighted by molar-refractivity contribution is 7.80. The van der Waals surface area contributed by atoms with Crippen LogP contribution < -0.4 is 5.32 Å². The maximum atomic E-state index is 12.2. The van der Waals surface area contributed by atoms with Gasteiger partial charge in [0.1, 0.15) is 0 Å². The minimum atomic E-state index is -0.0730. The van der Waals surface area contributed by atoms with Gasteiger partial charge in [0.2, 0.25) is 5.91 Å². The van der Waals surface area contributed by atoms with Crippen LogP contribution in [0.3, 0.4) is 0 Å². The summed E-state index contributed by atoms with van der Waals surface area (Å²) in [6, 6.07) is 10.0. The Bertz CT molecular complexity index is 603. The monoisotopic (exact) mass is 330 g/mol. The summed E-state index contributed by atoms with van der Waals surface area (Å²) in [6.07, 6.45) is 0.895. The molecule has 1 amide bonds. The molecule has 0 aromatic heterocycles. The standard InChI is InChI=1S/C17H22N4OS/c1-14-5-2-3-6-15(14)13-16(22)19-17(23)21-11-9-20(10-12-21)8-4-7-18/h2-3,5-6H,4,8-13H2,1H3,(H,19,22,23). The van der Waals surface area contributed by atoms with E-state index in [1.807, 2.05) is 36.1 Å². The molecule has 0 atom stereocenters. The predicted octanol–water partition coefficient (Wildman–Crippen LogP) is 1.47. The average molecular weight is 330 g/mol. The van der Waals surface area contributed by atoms with E-state index in [-0.39, 0.29) is 5.91 Å². The molecule has 1 heterocycles. The van der Waals surface area contributed by atoms with Gasteiger partial charge < -0.3 is 10.2 Å². The highest BCUT2D eigenvalue weighted by Crippen LogP contribution is 2.08. The Morgan fingerprint density at radius 3 is 2.65 bits per heavy atom. The predicted molar refractivity (Wildman–Crippen MR) is 93.9 cm³/mol. The van der Waals surface area contributed by atoms with Crippen molar-refractivity contribution >= 4 is 23.2 Å². The SMILES string of the molecule is Cc1ccccc1CC(=O)NC(=S)N1CCN(CCC#N)CC1. The van der Waals surface area contributed by atoms with E-state index in [9.17, 15) is 4.79 Å². The van der Waals surface area contributed by atoms with Crippen molar-refractivity contribution in [1.29, 1.82) is 5.26 Å². The molecule has 1 saturated heterocycles. The quantitative estimate of drug-likeness (QED) is 0.847. The third-order valence-electron chi connectivity index (χ3n) is 4.06. The molecule has 2 rings (SSSR count). The Kier molecular flexibility index (Phi) is 6.51. The molecule has 0 unspecified atom stereocenters. The first-order chi connectivity index (χ1) is 11.1. The van der Waals surface area contributed by atoms with Crippen LogP contribution in [0.25, 0.3) is 0 Å². The van der Waals surface area contributed by atoms with Gasteiger partial charge in [0.05, 0.1) is 12.5 Å². The molecule has 0 bridgehead atoms. The van der Waals surface area contributed by atoms with Gasteiger partial charge in [-0.25, -0.2) is 0 Å².